The number of hydrogen-bond acceptors (Lipinski definition) is 5. The van der Waals surface area contributed by atoms with E-state index in [1.165, 1.54) is 0 Å². The predicted molar refractivity (Wildman–Crippen MR) is 109 cm³/mol. The van der Waals surface area contributed by atoms with E-state index in [-0.39, 0.29) is 24.6 Å². The molecule has 0 spiro atoms. The summed E-state index contributed by atoms with van der Waals surface area (Å²) in [6.45, 7) is 6.16. The minimum absolute atomic E-state index is 0.105. The summed E-state index contributed by atoms with van der Waals surface area (Å²) >= 11 is 0. The fraction of sp³-hybridized carbons (Fsp3) is 0.391. The van der Waals surface area contributed by atoms with Crippen LogP contribution in [0, 0.1) is 5.92 Å². The van der Waals surface area contributed by atoms with Crippen LogP contribution in [0.25, 0.3) is 0 Å². The number of fused-ring (bicyclic) bond motifs is 1. The highest BCUT2D eigenvalue weighted by Gasteiger charge is 2.30. The van der Waals surface area contributed by atoms with Gasteiger partial charge in [-0.2, -0.15) is 0 Å². The Balaban J connectivity index is 1.58. The Morgan fingerprint density at radius 2 is 1.79 bits per heavy atom. The second-order valence-electron chi connectivity index (χ2n) is 7.26. The van der Waals surface area contributed by atoms with Gasteiger partial charge in [0.2, 0.25) is 6.79 Å². The molecule has 1 N–H and O–H groups in total. The summed E-state index contributed by atoms with van der Waals surface area (Å²) < 4.78 is 16.1. The minimum atomic E-state index is -0.883. The van der Waals surface area contributed by atoms with E-state index in [2.05, 4.69) is 5.32 Å². The molecule has 0 unspecified atom stereocenters. The minimum Gasteiger partial charge on any atom is -0.454 e. The van der Waals surface area contributed by atoms with Gasteiger partial charge in [0.15, 0.2) is 17.6 Å². The molecule has 3 rings (SSSR count). The standard InChI is InChI=1S/C23H27NO5/c1-4-15(2)21(18-8-6-5-7-9-18)23(26)29-16(3)22(25)24-13-17-10-11-19-20(12-17)28-14-27-19/h5-12,15-16,21H,4,13-14H2,1-3H3,(H,24,25)/t15-,16+,21+/m1/s1. The lowest BCUT2D eigenvalue weighted by molar-refractivity contribution is -0.157. The lowest BCUT2D eigenvalue weighted by Gasteiger charge is -2.24. The van der Waals surface area contributed by atoms with Crippen molar-refractivity contribution < 1.29 is 23.8 Å². The van der Waals surface area contributed by atoms with Gasteiger partial charge in [-0.1, -0.05) is 56.7 Å². The molecule has 0 aromatic heterocycles. The number of carbonyl (C=O) groups excluding carboxylic acids is 2. The summed E-state index contributed by atoms with van der Waals surface area (Å²) in [5.41, 5.74) is 1.78. The van der Waals surface area contributed by atoms with Crippen LogP contribution < -0.4 is 14.8 Å². The average molecular weight is 397 g/mol. The maximum Gasteiger partial charge on any atom is 0.314 e. The van der Waals surface area contributed by atoms with Gasteiger partial charge in [0.1, 0.15) is 0 Å². The highest BCUT2D eigenvalue weighted by atomic mass is 16.7. The fourth-order valence-corrected chi connectivity index (χ4v) is 3.28. The first kappa shape index (κ1) is 20.7. The Bertz CT molecular complexity index is 852. The SMILES string of the molecule is CC[C@@H](C)[C@H](C(=O)O[C@@H](C)C(=O)NCc1ccc2c(c1)OCO2)c1ccccc1. The molecule has 6 heteroatoms. The smallest absolute Gasteiger partial charge is 0.314 e. The Labute approximate surface area is 171 Å². The molecule has 1 aliphatic rings. The maximum atomic E-state index is 12.8. The molecule has 0 fully saturated rings. The number of nitrogens with one attached hydrogen (secondary N) is 1. The Morgan fingerprint density at radius 1 is 1.07 bits per heavy atom. The first-order valence-electron chi connectivity index (χ1n) is 9.91. The van der Waals surface area contributed by atoms with Crippen molar-refractivity contribution in [1.82, 2.24) is 5.32 Å². The van der Waals surface area contributed by atoms with Gasteiger partial charge in [-0.3, -0.25) is 9.59 Å². The molecule has 6 nitrogen and oxygen atoms in total. The zero-order valence-corrected chi connectivity index (χ0v) is 17.0. The van der Waals surface area contributed by atoms with Gasteiger partial charge < -0.3 is 19.5 Å². The van der Waals surface area contributed by atoms with Crippen LogP contribution in [0.1, 0.15) is 44.2 Å². The van der Waals surface area contributed by atoms with Gasteiger partial charge >= 0.3 is 5.97 Å². The normalized spacial score (nSPS) is 15.3. The molecule has 1 aliphatic heterocycles. The third kappa shape index (κ3) is 5.08. The molecule has 1 heterocycles. The van der Waals surface area contributed by atoms with E-state index in [1.54, 1.807) is 6.92 Å². The van der Waals surface area contributed by atoms with Crippen molar-refractivity contribution in [2.24, 2.45) is 5.92 Å². The Morgan fingerprint density at radius 3 is 2.52 bits per heavy atom. The maximum absolute atomic E-state index is 12.8. The Hall–Kier alpha value is -3.02. The Kier molecular flexibility index (Phi) is 6.75. The fourth-order valence-electron chi connectivity index (χ4n) is 3.28. The van der Waals surface area contributed by atoms with E-state index < -0.39 is 12.0 Å². The third-order valence-corrected chi connectivity index (χ3v) is 5.19. The van der Waals surface area contributed by atoms with Gasteiger partial charge in [0.25, 0.3) is 5.91 Å². The van der Waals surface area contributed by atoms with E-state index in [0.29, 0.717) is 18.0 Å². The third-order valence-electron chi connectivity index (χ3n) is 5.19. The number of ether oxygens (including phenoxy) is 3. The summed E-state index contributed by atoms with van der Waals surface area (Å²) in [4.78, 5) is 25.3. The van der Waals surface area contributed by atoms with Crippen molar-refractivity contribution in [3.8, 4) is 11.5 Å². The molecule has 1 amide bonds. The molecule has 3 atom stereocenters. The molecule has 0 aliphatic carbocycles. The molecule has 2 aromatic rings. The summed E-state index contributed by atoms with van der Waals surface area (Å²) in [5, 5.41) is 2.80. The van der Waals surface area contributed by atoms with Gasteiger partial charge in [0, 0.05) is 6.54 Å². The monoisotopic (exact) mass is 397 g/mol. The number of hydrogen-bond donors (Lipinski definition) is 1. The first-order valence-corrected chi connectivity index (χ1v) is 9.91. The van der Waals surface area contributed by atoms with E-state index >= 15 is 0 Å². The van der Waals surface area contributed by atoms with Crippen molar-refractivity contribution in [3.05, 3.63) is 59.7 Å². The summed E-state index contributed by atoms with van der Waals surface area (Å²) in [7, 11) is 0. The van der Waals surface area contributed by atoms with Gasteiger partial charge in [-0.15, -0.1) is 0 Å². The molecule has 2 aromatic carbocycles. The summed E-state index contributed by atoms with van der Waals surface area (Å²) in [6.07, 6.45) is -0.0499. The lowest BCUT2D eigenvalue weighted by Crippen LogP contribution is -2.37. The second-order valence-corrected chi connectivity index (χ2v) is 7.26. The van der Waals surface area contributed by atoms with Crippen molar-refractivity contribution in [2.45, 2.75) is 45.8 Å². The highest BCUT2D eigenvalue weighted by Crippen LogP contribution is 2.32. The summed E-state index contributed by atoms with van der Waals surface area (Å²) in [5.74, 6) is 0.345. The molecule has 29 heavy (non-hydrogen) atoms. The number of rotatable bonds is 8. The van der Waals surface area contributed by atoms with Gasteiger partial charge in [0.05, 0.1) is 5.92 Å². The van der Waals surface area contributed by atoms with Gasteiger partial charge in [-0.25, -0.2) is 0 Å². The van der Waals surface area contributed by atoms with Crippen LogP contribution in [0.4, 0.5) is 0 Å². The van der Waals surface area contributed by atoms with Crippen molar-refractivity contribution in [2.75, 3.05) is 6.79 Å². The van der Waals surface area contributed by atoms with Crippen molar-refractivity contribution >= 4 is 11.9 Å². The van der Waals surface area contributed by atoms with E-state index in [4.69, 9.17) is 14.2 Å². The molecule has 0 saturated heterocycles. The average Bonchev–Trinajstić information content (AvgIpc) is 3.20. The molecule has 0 bridgehead atoms. The quantitative estimate of drug-likeness (QED) is 0.686. The highest BCUT2D eigenvalue weighted by molar-refractivity contribution is 5.85. The van der Waals surface area contributed by atoms with Crippen LogP contribution in [0.5, 0.6) is 11.5 Å². The predicted octanol–water partition coefficient (Wildman–Crippen LogP) is 3.79. The molecule has 0 radical (unpaired) electrons. The largest absolute Gasteiger partial charge is 0.454 e. The van der Waals surface area contributed by atoms with Crippen molar-refractivity contribution in [3.63, 3.8) is 0 Å². The molecular weight excluding hydrogens is 370 g/mol. The van der Waals surface area contributed by atoms with E-state index in [9.17, 15) is 9.59 Å². The van der Waals surface area contributed by atoms with Crippen molar-refractivity contribution in [1.29, 1.82) is 0 Å². The second kappa shape index (κ2) is 9.45. The van der Waals surface area contributed by atoms with Crippen LogP contribution in [-0.2, 0) is 20.9 Å². The number of benzene rings is 2. The lowest BCUT2D eigenvalue weighted by atomic mass is 9.85. The molecule has 0 saturated carbocycles. The van der Waals surface area contributed by atoms with Crippen LogP contribution in [-0.4, -0.2) is 24.8 Å². The van der Waals surface area contributed by atoms with Crippen LogP contribution in [0.2, 0.25) is 0 Å². The van der Waals surface area contributed by atoms with Crippen LogP contribution in [0.3, 0.4) is 0 Å². The number of amides is 1. The topological polar surface area (TPSA) is 73.9 Å². The molecular formula is C23H27NO5. The van der Waals surface area contributed by atoms with Gasteiger partial charge in [-0.05, 0) is 36.1 Å². The van der Waals surface area contributed by atoms with Crippen LogP contribution in [0.15, 0.2) is 48.5 Å². The number of carbonyl (C=O) groups is 2. The number of esters is 1. The van der Waals surface area contributed by atoms with E-state index in [0.717, 1.165) is 17.5 Å². The summed E-state index contributed by atoms with van der Waals surface area (Å²) in [6, 6.07) is 15.1. The zero-order chi connectivity index (χ0) is 20.8. The first-order chi connectivity index (χ1) is 14.0. The van der Waals surface area contributed by atoms with E-state index in [1.807, 2.05) is 62.4 Å². The zero-order valence-electron chi connectivity index (χ0n) is 17.0. The molecule has 154 valence electrons. The van der Waals surface area contributed by atoms with Crippen LogP contribution >= 0.6 is 0 Å².